The third-order valence-electron chi connectivity index (χ3n) is 2.76. The Labute approximate surface area is 79.6 Å². The molecule has 1 aliphatic carbocycles. The second-order valence-corrected chi connectivity index (χ2v) is 3.45. The highest BCUT2D eigenvalue weighted by Gasteiger charge is 2.22. The first-order valence-corrected chi connectivity index (χ1v) is 4.74. The molecule has 0 N–H and O–H groups in total. The van der Waals surface area contributed by atoms with Crippen LogP contribution in [0, 0.1) is 5.92 Å². The molecular weight excluding hydrogens is 156 g/mol. The Morgan fingerprint density at radius 1 is 1.38 bits per heavy atom. The molecule has 2 rings (SSSR count). The van der Waals surface area contributed by atoms with Gasteiger partial charge in [-0.1, -0.05) is 36.4 Å². The van der Waals surface area contributed by atoms with Gasteiger partial charge in [0.1, 0.15) is 0 Å². The van der Waals surface area contributed by atoms with Gasteiger partial charge in [-0.3, -0.25) is 0 Å². The largest absolute Gasteiger partial charge is 0.102 e. The summed E-state index contributed by atoms with van der Waals surface area (Å²) in [4.78, 5) is 0. The Kier molecular flexibility index (Phi) is 2.05. The molecule has 1 unspecified atom stereocenters. The Morgan fingerprint density at radius 3 is 2.85 bits per heavy atom. The van der Waals surface area contributed by atoms with Gasteiger partial charge in [0.05, 0.1) is 0 Å². The van der Waals surface area contributed by atoms with Crippen molar-refractivity contribution in [3.05, 3.63) is 54.1 Å². The van der Waals surface area contributed by atoms with Crippen molar-refractivity contribution in [3.63, 3.8) is 0 Å². The molecule has 1 aromatic rings. The van der Waals surface area contributed by atoms with Gasteiger partial charge in [-0.05, 0) is 30.0 Å². The SMILES string of the molecule is C=CC1Cc2ccccc2/C1=C\C. The lowest BCUT2D eigenvalue weighted by molar-refractivity contribution is 0.871. The summed E-state index contributed by atoms with van der Waals surface area (Å²) in [6, 6.07) is 8.63. The van der Waals surface area contributed by atoms with Gasteiger partial charge in [-0.25, -0.2) is 0 Å². The van der Waals surface area contributed by atoms with E-state index >= 15 is 0 Å². The molecule has 1 aliphatic rings. The molecule has 0 fully saturated rings. The molecule has 13 heavy (non-hydrogen) atoms. The van der Waals surface area contributed by atoms with Crippen LogP contribution in [0.4, 0.5) is 0 Å². The van der Waals surface area contributed by atoms with Gasteiger partial charge in [-0.2, -0.15) is 0 Å². The smallest absolute Gasteiger partial charge is 0.00586 e. The predicted molar refractivity (Wildman–Crippen MR) is 57.5 cm³/mol. The summed E-state index contributed by atoms with van der Waals surface area (Å²) in [5.74, 6) is 0.530. The van der Waals surface area contributed by atoms with Gasteiger partial charge in [0.15, 0.2) is 0 Å². The summed E-state index contributed by atoms with van der Waals surface area (Å²) in [6.07, 6.45) is 5.38. The summed E-state index contributed by atoms with van der Waals surface area (Å²) in [6.45, 7) is 5.99. The minimum atomic E-state index is 0.530. The second kappa shape index (κ2) is 3.21. The van der Waals surface area contributed by atoms with Crippen LogP contribution in [-0.4, -0.2) is 0 Å². The third-order valence-corrected chi connectivity index (χ3v) is 2.76. The molecule has 1 aromatic carbocycles. The Morgan fingerprint density at radius 2 is 2.15 bits per heavy atom. The van der Waals surface area contributed by atoms with Crippen molar-refractivity contribution in [2.24, 2.45) is 5.92 Å². The standard InChI is InChI=1S/C13H14/c1-3-10-9-11-7-5-6-8-13(11)12(10)4-2/h3-8,10H,1,9H2,2H3/b12-4-. The number of fused-ring (bicyclic) bond motifs is 1. The maximum Gasteiger partial charge on any atom is 0.00586 e. The van der Waals surface area contributed by atoms with Gasteiger partial charge in [0.25, 0.3) is 0 Å². The molecule has 0 amide bonds. The van der Waals surface area contributed by atoms with E-state index in [0.29, 0.717) is 5.92 Å². The normalized spacial score (nSPS) is 23.2. The fraction of sp³-hybridized carbons (Fsp3) is 0.231. The zero-order valence-electron chi connectivity index (χ0n) is 7.96. The van der Waals surface area contributed by atoms with Crippen molar-refractivity contribution < 1.29 is 0 Å². The first-order valence-electron chi connectivity index (χ1n) is 4.74. The molecule has 0 heterocycles. The van der Waals surface area contributed by atoms with Gasteiger partial charge in [0, 0.05) is 5.92 Å². The molecular formula is C13H14. The second-order valence-electron chi connectivity index (χ2n) is 3.45. The number of hydrogen-bond donors (Lipinski definition) is 0. The molecule has 1 atom stereocenters. The number of benzene rings is 1. The van der Waals surface area contributed by atoms with Crippen molar-refractivity contribution in [1.82, 2.24) is 0 Å². The fourth-order valence-electron chi connectivity index (χ4n) is 2.11. The highest BCUT2D eigenvalue weighted by molar-refractivity contribution is 5.75. The molecule has 0 bridgehead atoms. The molecule has 0 heteroatoms. The lowest BCUT2D eigenvalue weighted by Gasteiger charge is -2.04. The fourth-order valence-corrected chi connectivity index (χ4v) is 2.11. The Balaban J connectivity index is 2.52. The zero-order chi connectivity index (χ0) is 9.26. The van der Waals surface area contributed by atoms with Crippen molar-refractivity contribution in [2.75, 3.05) is 0 Å². The Hall–Kier alpha value is -1.30. The van der Waals surface area contributed by atoms with Crippen molar-refractivity contribution in [2.45, 2.75) is 13.3 Å². The highest BCUT2D eigenvalue weighted by Crippen LogP contribution is 2.37. The summed E-state index contributed by atoms with van der Waals surface area (Å²) in [7, 11) is 0. The van der Waals surface area contributed by atoms with Crippen molar-refractivity contribution in [1.29, 1.82) is 0 Å². The summed E-state index contributed by atoms with van der Waals surface area (Å²) in [5, 5.41) is 0. The molecule has 0 nitrogen and oxygen atoms in total. The quantitative estimate of drug-likeness (QED) is 0.566. The molecule has 0 aliphatic heterocycles. The van der Waals surface area contributed by atoms with Crippen LogP contribution >= 0.6 is 0 Å². The maximum absolute atomic E-state index is 3.88. The van der Waals surface area contributed by atoms with Crippen LogP contribution < -0.4 is 0 Å². The van der Waals surface area contributed by atoms with E-state index < -0.39 is 0 Å². The topological polar surface area (TPSA) is 0 Å². The molecule has 0 saturated heterocycles. The average molecular weight is 170 g/mol. The van der Waals surface area contributed by atoms with E-state index in [2.05, 4.69) is 49.9 Å². The van der Waals surface area contributed by atoms with Crippen LogP contribution in [0.5, 0.6) is 0 Å². The highest BCUT2D eigenvalue weighted by atomic mass is 14.3. The van der Waals surface area contributed by atoms with E-state index in [0.717, 1.165) is 6.42 Å². The average Bonchev–Trinajstić information content (AvgIpc) is 2.55. The molecule has 0 aromatic heterocycles. The van der Waals surface area contributed by atoms with E-state index in [9.17, 15) is 0 Å². The van der Waals surface area contributed by atoms with Crippen LogP contribution in [0.25, 0.3) is 5.57 Å². The van der Waals surface area contributed by atoms with E-state index in [1.165, 1.54) is 16.7 Å². The first-order chi connectivity index (χ1) is 6.36. The summed E-state index contributed by atoms with van der Waals surface area (Å²) in [5.41, 5.74) is 4.31. The van der Waals surface area contributed by atoms with E-state index in [-0.39, 0.29) is 0 Å². The zero-order valence-corrected chi connectivity index (χ0v) is 7.96. The molecule has 0 saturated carbocycles. The third kappa shape index (κ3) is 1.23. The van der Waals surface area contributed by atoms with Crippen LogP contribution in [0.1, 0.15) is 18.1 Å². The number of hydrogen-bond acceptors (Lipinski definition) is 0. The first kappa shape index (κ1) is 8.31. The molecule has 66 valence electrons. The van der Waals surface area contributed by atoms with Crippen LogP contribution in [0.2, 0.25) is 0 Å². The van der Waals surface area contributed by atoms with E-state index in [1.54, 1.807) is 0 Å². The minimum absolute atomic E-state index is 0.530. The predicted octanol–water partition coefficient (Wildman–Crippen LogP) is 3.45. The van der Waals surface area contributed by atoms with Crippen LogP contribution in [0.15, 0.2) is 43.0 Å². The summed E-state index contributed by atoms with van der Waals surface area (Å²) < 4.78 is 0. The van der Waals surface area contributed by atoms with Crippen molar-refractivity contribution in [3.8, 4) is 0 Å². The van der Waals surface area contributed by atoms with E-state index in [1.807, 2.05) is 0 Å². The van der Waals surface area contributed by atoms with Gasteiger partial charge in [0.2, 0.25) is 0 Å². The maximum atomic E-state index is 3.88. The minimum Gasteiger partial charge on any atom is -0.102 e. The van der Waals surface area contributed by atoms with E-state index in [4.69, 9.17) is 0 Å². The summed E-state index contributed by atoms with van der Waals surface area (Å²) >= 11 is 0. The molecule has 0 radical (unpaired) electrons. The van der Waals surface area contributed by atoms with Gasteiger partial charge >= 0.3 is 0 Å². The van der Waals surface area contributed by atoms with Gasteiger partial charge in [-0.15, -0.1) is 6.58 Å². The Bertz CT molecular complexity index is 358. The number of rotatable bonds is 1. The lowest BCUT2D eigenvalue weighted by atomic mass is 10.0. The van der Waals surface area contributed by atoms with Crippen LogP contribution in [-0.2, 0) is 6.42 Å². The number of allylic oxidation sites excluding steroid dienone is 3. The van der Waals surface area contributed by atoms with Crippen molar-refractivity contribution >= 4 is 5.57 Å². The van der Waals surface area contributed by atoms with Gasteiger partial charge < -0.3 is 0 Å². The van der Waals surface area contributed by atoms with Crippen LogP contribution in [0.3, 0.4) is 0 Å². The lowest BCUT2D eigenvalue weighted by Crippen LogP contribution is -1.91. The monoisotopic (exact) mass is 170 g/mol. The molecule has 0 spiro atoms.